The van der Waals surface area contributed by atoms with E-state index in [1.807, 2.05) is 0 Å². The van der Waals surface area contributed by atoms with E-state index in [4.69, 9.17) is 19.9 Å². The van der Waals surface area contributed by atoms with Crippen LogP contribution in [0, 0.1) is 18.3 Å². The van der Waals surface area contributed by atoms with Gasteiger partial charge in [0.15, 0.2) is 11.2 Å². The van der Waals surface area contributed by atoms with Crippen molar-refractivity contribution in [1.82, 2.24) is 0 Å². The minimum absolute atomic E-state index is 0.0727. The minimum Gasteiger partial charge on any atom is -0.497 e. The fraction of sp³-hybridized carbons (Fsp3) is 0.185. The van der Waals surface area contributed by atoms with E-state index >= 15 is 0 Å². The van der Waals surface area contributed by atoms with Crippen LogP contribution in [0.1, 0.15) is 25.7 Å². The van der Waals surface area contributed by atoms with Crippen molar-refractivity contribution < 1.29 is 28.6 Å². The van der Waals surface area contributed by atoms with Gasteiger partial charge < -0.3 is 30.2 Å². The normalized spacial score (nSPS) is 17.4. The van der Waals surface area contributed by atoms with Crippen molar-refractivity contribution in [1.29, 1.82) is 5.26 Å². The lowest BCUT2D eigenvalue weighted by Crippen LogP contribution is -2.47. The van der Waals surface area contributed by atoms with Gasteiger partial charge in [-0.1, -0.05) is 18.2 Å². The summed E-state index contributed by atoms with van der Waals surface area (Å²) in [6.45, 7) is 1.37. The van der Waals surface area contributed by atoms with Gasteiger partial charge >= 0.3 is 5.97 Å². The van der Waals surface area contributed by atoms with Crippen molar-refractivity contribution in [3.05, 3.63) is 80.9 Å². The molecule has 1 atom stereocenters. The fourth-order valence-electron chi connectivity index (χ4n) is 4.89. The topological polar surface area (TPSA) is 144 Å². The Morgan fingerprint density at radius 2 is 1.89 bits per heavy atom. The van der Waals surface area contributed by atoms with Gasteiger partial charge in [-0.15, -0.1) is 11.3 Å². The molecule has 2 aliphatic rings. The number of ether oxygens (including phenoxy) is 3. The van der Waals surface area contributed by atoms with Gasteiger partial charge in [0.1, 0.15) is 29.5 Å². The third kappa shape index (κ3) is 3.49. The Bertz CT molecular complexity index is 1570. The number of nitrogens with one attached hydrogen (secondary N) is 1. The molecule has 2 aliphatic heterocycles. The number of hydrogen-bond donors (Lipinski definition) is 2. The molecule has 0 radical (unpaired) electrons. The molecule has 3 heterocycles. The molecule has 38 heavy (non-hydrogen) atoms. The molecule has 0 saturated heterocycles. The molecule has 1 unspecified atom stereocenters. The van der Waals surface area contributed by atoms with Crippen LogP contribution in [0.4, 0.5) is 11.4 Å². The average molecular weight is 531 g/mol. The first-order valence-electron chi connectivity index (χ1n) is 11.4. The second-order valence-corrected chi connectivity index (χ2v) is 9.80. The average Bonchev–Trinajstić information content (AvgIpc) is 3.37. The smallest absolute Gasteiger partial charge is 0.342 e. The summed E-state index contributed by atoms with van der Waals surface area (Å²) < 4.78 is 15.8. The molecule has 1 spiro atoms. The van der Waals surface area contributed by atoms with Crippen LogP contribution in [0.3, 0.4) is 0 Å². The number of esters is 1. The van der Waals surface area contributed by atoms with E-state index in [1.165, 1.54) is 12.0 Å². The van der Waals surface area contributed by atoms with Crippen molar-refractivity contribution in [2.75, 3.05) is 31.0 Å². The van der Waals surface area contributed by atoms with Crippen LogP contribution in [-0.4, -0.2) is 38.5 Å². The number of nitriles is 1. The van der Waals surface area contributed by atoms with Crippen LogP contribution in [0.15, 0.2) is 60.0 Å². The van der Waals surface area contributed by atoms with Crippen LogP contribution in [-0.2, 0) is 19.7 Å². The Labute approximate surface area is 221 Å². The van der Waals surface area contributed by atoms with Gasteiger partial charge in [0.05, 0.1) is 19.1 Å². The third-order valence-electron chi connectivity index (χ3n) is 6.56. The number of nitrogens with two attached hydrogens (primary N) is 1. The Hall–Kier alpha value is -4.82. The van der Waals surface area contributed by atoms with Gasteiger partial charge in [0.25, 0.3) is 0 Å². The van der Waals surface area contributed by atoms with Gasteiger partial charge in [0.2, 0.25) is 17.7 Å². The number of hydrogen-bond acceptors (Lipinski definition) is 9. The van der Waals surface area contributed by atoms with E-state index in [9.17, 15) is 19.6 Å². The second kappa shape index (κ2) is 9.24. The summed E-state index contributed by atoms with van der Waals surface area (Å²) >= 11 is 1.15. The molecule has 3 N–H and O–H groups in total. The number of fused-ring (bicyclic) bond motifs is 4. The quantitative estimate of drug-likeness (QED) is 0.479. The molecule has 0 saturated carbocycles. The zero-order chi connectivity index (χ0) is 27.2. The summed E-state index contributed by atoms with van der Waals surface area (Å²) in [5.74, 6) is -1.24. The van der Waals surface area contributed by atoms with E-state index in [-0.39, 0.29) is 29.3 Å². The molecule has 192 valence electrons. The maximum atomic E-state index is 14.4. The Kier molecular flexibility index (Phi) is 6.05. The number of thiophene rings is 1. The van der Waals surface area contributed by atoms with Gasteiger partial charge in [-0.05, 0) is 37.3 Å². The molecule has 0 aliphatic carbocycles. The number of amides is 2. The summed E-state index contributed by atoms with van der Waals surface area (Å²) in [5.41, 5.74) is 5.96. The predicted molar refractivity (Wildman–Crippen MR) is 139 cm³/mol. The van der Waals surface area contributed by atoms with Crippen molar-refractivity contribution >= 4 is 40.5 Å². The van der Waals surface area contributed by atoms with Crippen LogP contribution in [0.25, 0.3) is 0 Å². The fourth-order valence-corrected chi connectivity index (χ4v) is 6.17. The predicted octanol–water partition coefficient (Wildman–Crippen LogP) is 3.21. The third-order valence-corrected chi connectivity index (χ3v) is 7.76. The maximum Gasteiger partial charge on any atom is 0.342 e. The first-order chi connectivity index (χ1) is 18.3. The molecule has 1 aromatic heterocycles. The Morgan fingerprint density at radius 3 is 2.55 bits per heavy atom. The van der Waals surface area contributed by atoms with Gasteiger partial charge in [-0.25, -0.2) is 4.79 Å². The zero-order valence-electron chi connectivity index (χ0n) is 20.7. The summed E-state index contributed by atoms with van der Waals surface area (Å²) in [6, 6.07) is 15.7. The highest BCUT2D eigenvalue weighted by molar-refractivity contribution is 7.13. The summed E-state index contributed by atoms with van der Waals surface area (Å²) in [7, 11) is 2.78. The molecular formula is C27H22N4O6S. The number of anilines is 2. The standard InChI is InChI=1S/C27H22N4O6S/c1-14-21(25(33)36-3)22-23(38-14)27(18(12-28)24(29)37-22)17-6-4-5-7-19(17)31(26(27)34)13-20(32)30-15-8-10-16(35-2)11-9-15/h4-11H,13,29H2,1-3H3,(H,30,32). The molecular weight excluding hydrogens is 508 g/mol. The first kappa shape index (κ1) is 24.9. The molecule has 2 amide bonds. The zero-order valence-corrected chi connectivity index (χ0v) is 21.5. The SMILES string of the molecule is COC(=O)c1c(C)sc2c1OC(N)=C(C#N)C21C(=O)N(CC(=O)Nc2ccc(OC)cc2)c2ccccc21. The summed E-state index contributed by atoms with van der Waals surface area (Å²) in [4.78, 5) is 42.2. The van der Waals surface area contributed by atoms with Crippen molar-refractivity contribution in [3.63, 3.8) is 0 Å². The minimum atomic E-state index is -1.69. The number of methoxy groups -OCH3 is 2. The van der Waals surface area contributed by atoms with Gasteiger partial charge in [-0.2, -0.15) is 5.26 Å². The lowest BCUT2D eigenvalue weighted by Gasteiger charge is -2.32. The second-order valence-electron chi connectivity index (χ2n) is 8.57. The number of carbonyl (C=O) groups excluding carboxylic acids is 3. The molecule has 10 nitrogen and oxygen atoms in total. The molecule has 5 rings (SSSR count). The highest BCUT2D eigenvalue weighted by Crippen LogP contribution is 2.58. The van der Waals surface area contributed by atoms with Gasteiger partial charge in [0, 0.05) is 21.8 Å². The van der Waals surface area contributed by atoms with Crippen LogP contribution >= 0.6 is 11.3 Å². The van der Waals surface area contributed by atoms with Crippen molar-refractivity contribution in [2.45, 2.75) is 12.3 Å². The first-order valence-corrected chi connectivity index (χ1v) is 12.2. The Balaban J connectivity index is 1.62. The number of benzene rings is 2. The molecule has 3 aromatic rings. The number of nitrogens with zero attached hydrogens (tertiary/aromatic N) is 2. The lowest BCUT2D eigenvalue weighted by molar-refractivity contribution is -0.123. The summed E-state index contributed by atoms with van der Waals surface area (Å²) in [6.07, 6.45) is 0. The number of para-hydroxylation sites is 1. The van der Waals surface area contributed by atoms with E-state index in [0.717, 1.165) is 11.3 Å². The highest BCUT2D eigenvalue weighted by atomic mass is 32.1. The maximum absolute atomic E-state index is 14.4. The number of carbonyl (C=O) groups is 3. The van der Waals surface area contributed by atoms with E-state index < -0.39 is 23.2 Å². The van der Waals surface area contributed by atoms with Crippen LogP contribution in [0.2, 0.25) is 0 Å². The number of aryl methyl sites for hydroxylation is 1. The molecule has 0 fully saturated rings. The van der Waals surface area contributed by atoms with Crippen molar-refractivity contribution in [3.8, 4) is 17.6 Å². The van der Waals surface area contributed by atoms with Crippen molar-refractivity contribution in [2.24, 2.45) is 5.73 Å². The van der Waals surface area contributed by atoms with Crippen LogP contribution in [0.5, 0.6) is 11.5 Å². The molecule has 0 bridgehead atoms. The number of rotatable bonds is 5. The Morgan fingerprint density at radius 1 is 1.18 bits per heavy atom. The highest BCUT2D eigenvalue weighted by Gasteiger charge is 2.61. The molecule has 11 heteroatoms. The monoisotopic (exact) mass is 530 g/mol. The molecule has 2 aromatic carbocycles. The summed E-state index contributed by atoms with van der Waals surface area (Å²) in [5, 5.41) is 13.0. The van der Waals surface area contributed by atoms with Gasteiger partial charge in [-0.3, -0.25) is 9.59 Å². The lowest BCUT2D eigenvalue weighted by atomic mass is 9.72. The van der Waals surface area contributed by atoms with E-state index in [1.54, 1.807) is 62.6 Å². The van der Waals surface area contributed by atoms with E-state index in [2.05, 4.69) is 11.4 Å². The van der Waals surface area contributed by atoms with Crippen LogP contribution < -0.4 is 25.4 Å². The van der Waals surface area contributed by atoms with E-state index in [0.29, 0.717) is 32.4 Å². The largest absolute Gasteiger partial charge is 0.497 e.